The van der Waals surface area contributed by atoms with E-state index in [1.165, 1.54) is 0 Å². The van der Waals surface area contributed by atoms with Crippen molar-refractivity contribution in [2.45, 2.75) is 5.50 Å². The number of benzene rings is 2. The molecular formula is C30H37ClN2O7. The van der Waals surface area contributed by atoms with Gasteiger partial charge in [-0.2, -0.15) is 0 Å². The molecule has 0 bridgehead atoms. The van der Waals surface area contributed by atoms with Crippen LogP contribution in [0.25, 0.3) is 0 Å². The molecule has 0 saturated heterocycles. The maximum absolute atomic E-state index is 13.1. The van der Waals surface area contributed by atoms with E-state index in [-0.39, 0.29) is 5.91 Å². The molecule has 0 spiro atoms. The van der Waals surface area contributed by atoms with Gasteiger partial charge in [0.2, 0.25) is 5.50 Å². The molecule has 0 radical (unpaired) electrons. The molecule has 0 aliphatic carbocycles. The van der Waals surface area contributed by atoms with E-state index in [4.69, 9.17) is 46.4 Å². The van der Waals surface area contributed by atoms with Crippen molar-refractivity contribution in [3.8, 4) is 12.3 Å². The number of terminal acetylenes is 1. The van der Waals surface area contributed by atoms with Crippen LogP contribution in [-0.4, -0.2) is 103 Å². The van der Waals surface area contributed by atoms with Gasteiger partial charge in [0.15, 0.2) is 0 Å². The number of aliphatic imine (C=N–C) groups is 1. The summed E-state index contributed by atoms with van der Waals surface area (Å²) in [7, 11) is 0. The van der Waals surface area contributed by atoms with Gasteiger partial charge >= 0.3 is 0 Å². The Hall–Kier alpha value is -2.81. The number of nitrogens with zero attached hydrogens (tertiary/aromatic N) is 2. The Balaban J connectivity index is 1.25. The molecule has 40 heavy (non-hydrogen) atoms. The fourth-order valence-corrected chi connectivity index (χ4v) is 4.05. The zero-order valence-electron chi connectivity index (χ0n) is 22.7. The predicted molar refractivity (Wildman–Crippen MR) is 154 cm³/mol. The van der Waals surface area contributed by atoms with Crippen LogP contribution in [0.3, 0.4) is 0 Å². The summed E-state index contributed by atoms with van der Waals surface area (Å²) in [5, 5.41) is 0. The topological polar surface area (TPSA) is 88.1 Å². The molecule has 0 fully saturated rings. The molecule has 1 unspecified atom stereocenters. The number of rotatable bonds is 20. The first-order chi connectivity index (χ1) is 19.7. The highest BCUT2D eigenvalue weighted by Crippen LogP contribution is 2.29. The molecule has 0 saturated carbocycles. The van der Waals surface area contributed by atoms with Crippen LogP contribution in [-0.2, 0) is 33.2 Å². The van der Waals surface area contributed by atoms with Gasteiger partial charge in [-0.1, -0.05) is 66.1 Å². The van der Waals surface area contributed by atoms with Gasteiger partial charge in [0.25, 0.3) is 5.91 Å². The number of ether oxygens (including phenoxy) is 6. The highest BCUT2D eigenvalue weighted by atomic mass is 35.5. The normalized spacial score (nSPS) is 14.9. The molecule has 9 nitrogen and oxygen atoms in total. The molecule has 2 aromatic carbocycles. The molecule has 216 valence electrons. The Morgan fingerprint density at radius 2 is 1.23 bits per heavy atom. The summed E-state index contributed by atoms with van der Waals surface area (Å²) in [5.74, 6) is 2.12. The number of carbonyl (C=O) groups is 1. The average molecular weight is 573 g/mol. The quantitative estimate of drug-likeness (QED) is 0.104. The summed E-state index contributed by atoms with van der Waals surface area (Å²) in [5.41, 5.74) is 2.20. The number of fused-ring (bicyclic) bond motifs is 1. The Bertz CT molecular complexity index is 1080. The molecule has 2 aromatic rings. The van der Waals surface area contributed by atoms with Gasteiger partial charge in [0, 0.05) is 17.7 Å². The van der Waals surface area contributed by atoms with Gasteiger partial charge < -0.3 is 33.3 Å². The molecular weight excluding hydrogens is 536 g/mol. The maximum Gasteiger partial charge on any atom is 0.267 e. The minimum atomic E-state index is -1.02. The smallest absolute Gasteiger partial charge is 0.267 e. The van der Waals surface area contributed by atoms with Crippen LogP contribution in [0.4, 0.5) is 5.69 Å². The van der Waals surface area contributed by atoms with Crippen molar-refractivity contribution < 1.29 is 33.2 Å². The Kier molecular flexibility index (Phi) is 15.3. The van der Waals surface area contributed by atoms with Gasteiger partial charge in [-0.15, -0.1) is 6.42 Å². The van der Waals surface area contributed by atoms with Crippen molar-refractivity contribution in [2.24, 2.45) is 4.99 Å². The second-order valence-electron chi connectivity index (χ2n) is 8.51. The third kappa shape index (κ3) is 11.0. The van der Waals surface area contributed by atoms with Gasteiger partial charge in [-0.25, -0.2) is 0 Å². The minimum Gasteiger partial charge on any atom is -0.377 e. The van der Waals surface area contributed by atoms with Gasteiger partial charge in [-0.05, 0) is 6.07 Å². The average Bonchev–Trinajstić information content (AvgIpc) is 3.09. The second kappa shape index (κ2) is 19.3. The number of para-hydroxylation sites is 1. The van der Waals surface area contributed by atoms with Crippen LogP contribution in [0, 0.1) is 12.3 Å². The summed E-state index contributed by atoms with van der Waals surface area (Å²) >= 11 is 6.42. The highest BCUT2D eigenvalue weighted by Gasteiger charge is 2.30. The summed E-state index contributed by atoms with van der Waals surface area (Å²) < 4.78 is 32.6. The molecule has 1 amide bonds. The lowest BCUT2D eigenvalue weighted by molar-refractivity contribution is -0.118. The molecule has 0 aromatic heterocycles. The minimum absolute atomic E-state index is 0.278. The van der Waals surface area contributed by atoms with Gasteiger partial charge in [0.1, 0.15) is 6.61 Å². The third-order valence-corrected chi connectivity index (χ3v) is 6.00. The number of alkyl halides is 1. The molecule has 1 heterocycles. The van der Waals surface area contributed by atoms with Crippen molar-refractivity contribution in [3.05, 3.63) is 65.7 Å². The SMILES string of the molecule is C#CCOCCOCCOCCOCCOCCOCCN1C(=O)C(Cl)N=C(c2ccccc2)c2ccccc21. The summed E-state index contributed by atoms with van der Waals surface area (Å²) in [4.78, 5) is 19.3. The molecule has 0 N–H and O–H groups in total. The summed E-state index contributed by atoms with van der Waals surface area (Å²) in [6, 6.07) is 17.4. The number of hydrogen-bond donors (Lipinski definition) is 0. The van der Waals surface area contributed by atoms with Gasteiger partial charge in [-0.3, -0.25) is 9.79 Å². The fraction of sp³-hybridized carbons (Fsp3) is 0.467. The van der Waals surface area contributed by atoms with E-state index in [0.717, 1.165) is 16.8 Å². The fourth-order valence-electron chi connectivity index (χ4n) is 3.84. The number of halogens is 1. The molecule has 1 aliphatic rings. The van der Waals surface area contributed by atoms with Gasteiger partial charge in [0.05, 0.1) is 84.1 Å². The second-order valence-corrected chi connectivity index (χ2v) is 8.92. The van der Waals surface area contributed by atoms with E-state index in [9.17, 15) is 4.79 Å². The lowest BCUT2D eigenvalue weighted by atomic mass is 10.0. The maximum atomic E-state index is 13.1. The first kappa shape index (κ1) is 31.7. The third-order valence-electron chi connectivity index (χ3n) is 5.71. The number of amides is 1. The first-order valence-electron chi connectivity index (χ1n) is 13.3. The van der Waals surface area contributed by atoms with Crippen molar-refractivity contribution in [3.63, 3.8) is 0 Å². The van der Waals surface area contributed by atoms with Crippen LogP contribution in [0.5, 0.6) is 0 Å². The molecule has 1 aliphatic heterocycles. The standard InChI is InChI=1S/C30H37ClN2O7/c1-2-13-35-15-17-37-19-21-39-23-24-40-22-20-38-18-16-36-14-12-33-27-11-7-6-10-26(27)28(32-29(31)30(33)34)25-8-4-3-5-9-25/h1,3-11,29H,12-24H2. The van der Waals surface area contributed by atoms with Crippen LogP contribution in [0.2, 0.25) is 0 Å². The van der Waals surface area contributed by atoms with Crippen molar-refractivity contribution in [1.82, 2.24) is 0 Å². The van der Waals surface area contributed by atoms with Crippen molar-refractivity contribution in [2.75, 3.05) is 90.7 Å². The van der Waals surface area contributed by atoms with Crippen LogP contribution in [0.15, 0.2) is 59.6 Å². The molecule has 10 heteroatoms. The monoisotopic (exact) mass is 572 g/mol. The number of anilines is 1. The van der Waals surface area contributed by atoms with Crippen molar-refractivity contribution >= 4 is 28.9 Å². The first-order valence-corrected chi connectivity index (χ1v) is 13.7. The lowest BCUT2D eigenvalue weighted by Gasteiger charge is -2.23. The van der Waals surface area contributed by atoms with E-state index >= 15 is 0 Å². The van der Waals surface area contributed by atoms with E-state index in [2.05, 4.69) is 10.9 Å². The molecule has 1 atom stereocenters. The lowest BCUT2D eigenvalue weighted by Crippen LogP contribution is -2.38. The van der Waals surface area contributed by atoms with Crippen LogP contribution < -0.4 is 4.90 Å². The Morgan fingerprint density at radius 1 is 0.725 bits per heavy atom. The Labute approximate surface area is 241 Å². The predicted octanol–water partition coefficient (Wildman–Crippen LogP) is 3.17. The van der Waals surface area contributed by atoms with E-state index in [0.29, 0.717) is 91.5 Å². The highest BCUT2D eigenvalue weighted by molar-refractivity contribution is 6.35. The van der Waals surface area contributed by atoms with E-state index < -0.39 is 5.50 Å². The Morgan fingerprint density at radius 3 is 1.80 bits per heavy atom. The number of hydrogen-bond acceptors (Lipinski definition) is 8. The zero-order valence-corrected chi connectivity index (χ0v) is 23.4. The van der Waals surface area contributed by atoms with Crippen LogP contribution >= 0.6 is 11.6 Å². The summed E-state index contributed by atoms with van der Waals surface area (Å²) in [6.45, 7) is 5.65. The van der Waals surface area contributed by atoms with Crippen LogP contribution in [0.1, 0.15) is 11.1 Å². The zero-order chi connectivity index (χ0) is 28.3. The summed E-state index contributed by atoms with van der Waals surface area (Å²) in [6.07, 6.45) is 5.09. The van der Waals surface area contributed by atoms with E-state index in [1.54, 1.807) is 4.90 Å². The molecule has 3 rings (SSSR count). The number of carbonyl (C=O) groups excluding carboxylic acids is 1. The van der Waals surface area contributed by atoms with E-state index in [1.807, 2.05) is 54.6 Å². The number of benzodiazepines with no additional fused rings is 1. The van der Waals surface area contributed by atoms with Crippen molar-refractivity contribution in [1.29, 1.82) is 0 Å². The largest absolute Gasteiger partial charge is 0.377 e.